The fourth-order valence-electron chi connectivity index (χ4n) is 4.38. The Morgan fingerprint density at radius 3 is 2.53 bits per heavy atom. The minimum atomic E-state index is -0.654. The van der Waals surface area contributed by atoms with Crippen LogP contribution in [0.1, 0.15) is 31.9 Å². The topological polar surface area (TPSA) is 79.7 Å². The molecular weight excluding hydrogens is 452 g/mol. The van der Waals surface area contributed by atoms with E-state index in [-0.39, 0.29) is 18.1 Å². The molecule has 2 aromatic heterocycles. The molecule has 36 heavy (non-hydrogen) atoms. The second-order valence-corrected chi connectivity index (χ2v) is 9.81. The predicted molar refractivity (Wildman–Crippen MR) is 143 cm³/mol. The lowest BCUT2D eigenvalue weighted by atomic mass is 10.1. The van der Waals surface area contributed by atoms with E-state index in [1.165, 1.54) is 4.90 Å². The van der Waals surface area contributed by atoms with E-state index in [2.05, 4.69) is 26.7 Å². The molecule has 0 unspecified atom stereocenters. The lowest BCUT2D eigenvalue weighted by Gasteiger charge is -2.22. The highest BCUT2D eigenvalue weighted by Crippen LogP contribution is 2.26. The molecule has 0 saturated heterocycles. The van der Waals surface area contributed by atoms with Crippen molar-refractivity contribution in [3.63, 3.8) is 0 Å². The van der Waals surface area contributed by atoms with Crippen LogP contribution in [0.15, 0.2) is 77.7 Å². The number of esters is 1. The average Bonchev–Trinajstić information content (AvgIpc) is 3.47. The van der Waals surface area contributed by atoms with Crippen molar-refractivity contribution in [2.24, 2.45) is 12.0 Å². The van der Waals surface area contributed by atoms with Gasteiger partial charge in [-0.3, -0.25) is 14.5 Å². The molecule has 0 saturated carbocycles. The molecule has 4 aromatic rings. The molecule has 0 radical (unpaired) electrons. The van der Waals surface area contributed by atoms with Gasteiger partial charge in [-0.05, 0) is 51.1 Å². The van der Waals surface area contributed by atoms with Gasteiger partial charge in [0.05, 0.1) is 0 Å². The third-order valence-electron chi connectivity index (χ3n) is 5.94. The number of benzene rings is 2. The average molecular weight is 481 g/mol. The highest BCUT2D eigenvalue weighted by molar-refractivity contribution is 6.20. The van der Waals surface area contributed by atoms with Crippen molar-refractivity contribution in [2.45, 2.75) is 26.4 Å². The third kappa shape index (κ3) is 4.60. The number of para-hydroxylation sites is 2. The van der Waals surface area contributed by atoms with Gasteiger partial charge in [-0.15, -0.1) is 0 Å². The van der Waals surface area contributed by atoms with Crippen molar-refractivity contribution < 1.29 is 14.3 Å². The summed E-state index contributed by atoms with van der Waals surface area (Å²) < 4.78 is 7.53. The molecule has 0 bridgehead atoms. The second kappa shape index (κ2) is 9.00. The Kier molecular flexibility index (Phi) is 5.84. The van der Waals surface area contributed by atoms with E-state index in [1.807, 2.05) is 61.9 Å². The first-order chi connectivity index (χ1) is 17.2. The number of aromatic amines is 1. The quantitative estimate of drug-likeness (QED) is 0.311. The van der Waals surface area contributed by atoms with Crippen LogP contribution in [0.2, 0.25) is 0 Å². The number of carbonyl (C=O) groups is 2. The van der Waals surface area contributed by atoms with E-state index in [1.54, 1.807) is 32.9 Å². The molecule has 182 valence electrons. The van der Waals surface area contributed by atoms with Crippen molar-refractivity contribution in [2.75, 3.05) is 6.54 Å². The third-order valence-corrected chi connectivity index (χ3v) is 5.94. The molecule has 1 aliphatic rings. The van der Waals surface area contributed by atoms with Crippen LogP contribution in [0, 0.1) is 0 Å². The Hall–Kier alpha value is -4.39. The van der Waals surface area contributed by atoms with Gasteiger partial charge in [-0.2, -0.15) is 0 Å². The van der Waals surface area contributed by atoms with Crippen LogP contribution >= 0.6 is 0 Å². The lowest BCUT2D eigenvalue weighted by molar-refractivity contribution is -0.156. The van der Waals surface area contributed by atoms with Crippen LogP contribution in [-0.2, 0) is 21.4 Å². The van der Waals surface area contributed by atoms with Crippen molar-refractivity contribution >= 4 is 51.7 Å². The van der Waals surface area contributed by atoms with Crippen LogP contribution < -0.4 is 0 Å². The number of amidine groups is 1. The molecule has 0 atom stereocenters. The molecular formula is C29H28N4O3. The van der Waals surface area contributed by atoms with Gasteiger partial charge in [0.25, 0.3) is 5.91 Å². The maximum absolute atomic E-state index is 13.4. The van der Waals surface area contributed by atoms with E-state index in [4.69, 9.17) is 4.74 Å². The molecule has 1 aliphatic heterocycles. The molecule has 0 fully saturated rings. The van der Waals surface area contributed by atoms with E-state index >= 15 is 0 Å². The normalized spacial score (nSPS) is 15.6. The number of nitrogens with one attached hydrogen (secondary N) is 1. The van der Waals surface area contributed by atoms with Crippen LogP contribution in [0.4, 0.5) is 0 Å². The Balaban J connectivity index is 1.52. The second-order valence-electron chi connectivity index (χ2n) is 9.81. The van der Waals surface area contributed by atoms with Crippen LogP contribution in [-0.4, -0.2) is 44.3 Å². The number of H-pyrrole nitrogens is 1. The molecule has 5 rings (SSSR count). The maximum Gasteiger partial charge on any atom is 0.326 e. The van der Waals surface area contributed by atoms with Crippen molar-refractivity contribution in [3.05, 3.63) is 83.8 Å². The number of carbonyl (C=O) groups excluding carboxylic acids is 2. The summed E-state index contributed by atoms with van der Waals surface area (Å²) in [5.41, 5.74) is 3.54. The smallest absolute Gasteiger partial charge is 0.326 e. The zero-order valence-corrected chi connectivity index (χ0v) is 20.8. The van der Waals surface area contributed by atoms with Gasteiger partial charge in [0.15, 0.2) is 0 Å². The Bertz CT molecular complexity index is 1580. The van der Waals surface area contributed by atoms with E-state index < -0.39 is 11.6 Å². The standard InChI is InChI=1S/C29H28N4O3/c1-29(2,3)36-27(34)18-33-26(14-13-19-17-32(4)25-12-8-6-10-22(19)25)31-24(28(33)35)15-20-16-30-23-11-7-5-9-21(20)23/h5-17,30H,18H2,1-4H3/b14-13+,24-15-. The molecule has 0 spiro atoms. The SMILES string of the molecule is Cn1cc(/C=C/C2=NC(=C\c3c[nH]c4ccccc34)/C(=O)N2CC(=O)OC(C)(C)C)c2ccccc21. The zero-order chi connectivity index (χ0) is 25.4. The van der Waals surface area contributed by atoms with Gasteiger partial charge in [-0.1, -0.05) is 36.4 Å². The number of aliphatic imine (C=N–C) groups is 1. The Morgan fingerprint density at radius 1 is 1.03 bits per heavy atom. The van der Waals surface area contributed by atoms with E-state index in [0.717, 1.165) is 32.9 Å². The number of rotatable bonds is 5. The Morgan fingerprint density at radius 2 is 1.75 bits per heavy atom. The molecule has 7 nitrogen and oxygen atoms in total. The van der Waals surface area contributed by atoms with E-state index in [0.29, 0.717) is 5.84 Å². The first kappa shape index (κ1) is 23.4. The summed E-state index contributed by atoms with van der Waals surface area (Å²) in [5, 5.41) is 2.08. The van der Waals surface area contributed by atoms with Gasteiger partial charge in [0.1, 0.15) is 23.7 Å². The monoisotopic (exact) mass is 480 g/mol. The summed E-state index contributed by atoms with van der Waals surface area (Å²) in [5.74, 6) is -0.441. The van der Waals surface area contributed by atoms with Crippen molar-refractivity contribution in [1.29, 1.82) is 0 Å². The number of hydrogen-bond donors (Lipinski definition) is 1. The van der Waals surface area contributed by atoms with Gasteiger partial charge in [-0.25, -0.2) is 4.99 Å². The maximum atomic E-state index is 13.4. The van der Waals surface area contributed by atoms with Gasteiger partial charge >= 0.3 is 5.97 Å². The van der Waals surface area contributed by atoms with E-state index in [9.17, 15) is 9.59 Å². The minimum absolute atomic E-state index is 0.222. The summed E-state index contributed by atoms with van der Waals surface area (Å²) in [7, 11) is 1.99. The molecule has 3 heterocycles. The number of aryl methyl sites for hydroxylation is 1. The van der Waals surface area contributed by atoms with Crippen molar-refractivity contribution in [3.8, 4) is 0 Å². The number of ether oxygens (including phenoxy) is 1. The summed E-state index contributed by atoms with van der Waals surface area (Å²) >= 11 is 0. The Labute approximate surface area is 209 Å². The molecule has 2 aromatic carbocycles. The molecule has 1 N–H and O–H groups in total. The first-order valence-electron chi connectivity index (χ1n) is 11.8. The van der Waals surface area contributed by atoms with Crippen LogP contribution in [0.25, 0.3) is 34.0 Å². The van der Waals surface area contributed by atoms with Crippen LogP contribution in [0.3, 0.4) is 0 Å². The molecule has 1 amide bonds. The molecule has 0 aliphatic carbocycles. The fraction of sp³-hybridized carbons (Fsp3) is 0.207. The first-order valence-corrected chi connectivity index (χ1v) is 11.8. The summed E-state index contributed by atoms with van der Waals surface area (Å²) in [6.07, 6.45) is 9.33. The number of nitrogens with zero attached hydrogens (tertiary/aromatic N) is 3. The van der Waals surface area contributed by atoms with Crippen LogP contribution in [0.5, 0.6) is 0 Å². The highest BCUT2D eigenvalue weighted by atomic mass is 16.6. The molecule has 7 heteroatoms. The summed E-state index contributed by atoms with van der Waals surface area (Å²) in [6, 6.07) is 16.0. The highest BCUT2D eigenvalue weighted by Gasteiger charge is 2.32. The number of fused-ring (bicyclic) bond motifs is 2. The summed E-state index contributed by atoms with van der Waals surface area (Å²) in [4.78, 5) is 35.2. The zero-order valence-electron chi connectivity index (χ0n) is 20.8. The minimum Gasteiger partial charge on any atom is -0.459 e. The van der Waals surface area contributed by atoms with Gasteiger partial charge in [0, 0.05) is 52.4 Å². The lowest BCUT2D eigenvalue weighted by Crippen LogP contribution is -2.39. The largest absolute Gasteiger partial charge is 0.459 e. The number of amides is 1. The predicted octanol–water partition coefficient (Wildman–Crippen LogP) is 5.30. The number of hydrogen-bond acceptors (Lipinski definition) is 4. The number of aromatic nitrogens is 2. The summed E-state index contributed by atoms with van der Waals surface area (Å²) in [6.45, 7) is 5.18. The van der Waals surface area contributed by atoms with Gasteiger partial charge < -0.3 is 14.3 Å². The van der Waals surface area contributed by atoms with Gasteiger partial charge in [0.2, 0.25) is 0 Å². The fourth-order valence-corrected chi connectivity index (χ4v) is 4.38. The van der Waals surface area contributed by atoms with Crippen molar-refractivity contribution in [1.82, 2.24) is 14.5 Å².